The summed E-state index contributed by atoms with van der Waals surface area (Å²) >= 11 is 23.7. The lowest BCUT2D eigenvalue weighted by Gasteiger charge is -2.15. The van der Waals surface area contributed by atoms with Crippen molar-refractivity contribution in [1.82, 2.24) is 0 Å². The van der Waals surface area contributed by atoms with Crippen molar-refractivity contribution in [3.8, 4) is 5.75 Å². The molecule has 0 heterocycles. The molecule has 0 spiro atoms. The van der Waals surface area contributed by atoms with E-state index in [1.165, 1.54) is 12.1 Å². The summed E-state index contributed by atoms with van der Waals surface area (Å²) in [5.74, 6) is 0.0913. The van der Waals surface area contributed by atoms with Crippen LogP contribution < -0.4 is 4.74 Å². The molecule has 0 aliphatic rings. The van der Waals surface area contributed by atoms with E-state index >= 15 is 0 Å². The lowest BCUT2D eigenvalue weighted by atomic mass is 10.1. The average Bonchev–Trinajstić information content (AvgIpc) is 2.43. The van der Waals surface area contributed by atoms with Gasteiger partial charge in [-0.25, -0.2) is 0 Å². The second-order valence-corrected chi connectivity index (χ2v) is 5.99. The molecule has 2 nitrogen and oxygen atoms in total. The van der Waals surface area contributed by atoms with Gasteiger partial charge >= 0.3 is 0 Å². The Labute approximate surface area is 142 Å². The molecule has 110 valence electrons. The Morgan fingerprint density at radius 3 is 2.33 bits per heavy atom. The monoisotopic (exact) mass is 362 g/mol. The Hall–Kier alpha value is -0.930. The van der Waals surface area contributed by atoms with Gasteiger partial charge in [-0.1, -0.05) is 58.5 Å². The molecule has 0 N–H and O–H groups in total. The molecule has 21 heavy (non-hydrogen) atoms. The molecule has 2 aromatic carbocycles. The van der Waals surface area contributed by atoms with Crippen molar-refractivity contribution in [1.29, 1.82) is 0 Å². The number of hydrogen-bond acceptors (Lipinski definition) is 2. The quantitative estimate of drug-likeness (QED) is 0.495. The molecule has 0 amide bonds. The standard InChI is InChI=1S/C15H10Cl4O2/c1-8(15(20)9-3-2-4-10(16)5-9)21-14-7-12(18)11(17)6-13(14)19/h2-8H,1H3. The SMILES string of the molecule is CC(Oc1cc(Cl)c(Cl)cc1Cl)C(=O)c1cccc(Cl)c1. The number of carbonyl (C=O) groups excluding carboxylic acids is 1. The van der Waals surface area contributed by atoms with E-state index in [1.807, 2.05) is 0 Å². The summed E-state index contributed by atoms with van der Waals surface area (Å²) in [6.45, 7) is 1.63. The van der Waals surface area contributed by atoms with Crippen LogP contribution in [0.5, 0.6) is 5.75 Å². The summed E-state index contributed by atoms with van der Waals surface area (Å²) in [5.41, 5.74) is 0.464. The highest BCUT2D eigenvalue weighted by Crippen LogP contribution is 2.34. The van der Waals surface area contributed by atoms with Gasteiger partial charge in [0.1, 0.15) is 5.75 Å². The molecular formula is C15H10Cl4O2. The van der Waals surface area contributed by atoms with Crippen LogP contribution >= 0.6 is 46.4 Å². The van der Waals surface area contributed by atoms with Crippen LogP contribution in [0.15, 0.2) is 36.4 Å². The largest absolute Gasteiger partial charge is 0.481 e. The maximum atomic E-state index is 12.3. The summed E-state index contributed by atoms with van der Waals surface area (Å²) in [5, 5.41) is 1.40. The molecule has 0 bridgehead atoms. The summed E-state index contributed by atoms with van der Waals surface area (Å²) < 4.78 is 5.57. The molecule has 0 saturated carbocycles. The van der Waals surface area contributed by atoms with Gasteiger partial charge in [0.15, 0.2) is 6.10 Å². The van der Waals surface area contributed by atoms with Gasteiger partial charge < -0.3 is 4.74 Å². The number of Topliss-reactive ketones (excluding diaryl/α,β-unsaturated/α-hetero) is 1. The van der Waals surface area contributed by atoms with E-state index in [1.54, 1.807) is 31.2 Å². The van der Waals surface area contributed by atoms with Crippen molar-refractivity contribution >= 4 is 52.2 Å². The van der Waals surface area contributed by atoms with Gasteiger partial charge in [-0.3, -0.25) is 4.79 Å². The zero-order chi connectivity index (χ0) is 15.6. The molecule has 0 aliphatic carbocycles. The Balaban J connectivity index is 2.20. The van der Waals surface area contributed by atoms with Gasteiger partial charge in [0.25, 0.3) is 0 Å². The van der Waals surface area contributed by atoms with E-state index < -0.39 is 6.10 Å². The molecule has 1 atom stereocenters. The van der Waals surface area contributed by atoms with Crippen LogP contribution in [0.1, 0.15) is 17.3 Å². The highest BCUT2D eigenvalue weighted by molar-refractivity contribution is 6.43. The van der Waals surface area contributed by atoms with E-state index in [-0.39, 0.29) is 10.8 Å². The summed E-state index contributed by atoms with van der Waals surface area (Å²) in [6.07, 6.45) is -0.738. The van der Waals surface area contributed by atoms with Gasteiger partial charge in [0, 0.05) is 16.7 Å². The molecule has 6 heteroatoms. The number of rotatable bonds is 4. The number of benzene rings is 2. The van der Waals surface area contributed by atoms with Crippen molar-refractivity contribution in [2.45, 2.75) is 13.0 Å². The Bertz CT molecular complexity index is 685. The predicted octanol–water partition coefficient (Wildman–Crippen LogP) is 5.95. The normalized spacial score (nSPS) is 12.0. The van der Waals surface area contributed by atoms with Crippen LogP contribution in [-0.2, 0) is 0 Å². The first-order chi connectivity index (χ1) is 9.88. The molecule has 0 aliphatic heterocycles. The molecule has 1 unspecified atom stereocenters. The number of halogens is 4. The maximum Gasteiger partial charge on any atom is 0.203 e. The van der Waals surface area contributed by atoms with Crippen molar-refractivity contribution in [3.05, 3.63) is 62.1 Å². The van der Waals surface area contributed by atoms with E-state index in [0.29, 0.717) is 26.4 Å². The fourth-order valence-electron chi connectivity index (χ4n) is 1.72. The van der Waals surface area contributed by atoms with Gasteiger partial charge in [0.05, 0.1) is 15.1 Å². The van der Waals surface area contributed by atoms with Gasteiger partial charge in [-0.05, 0) is 25.1 Å². The Kier molecular flexibility index (Phi) is 5.39. The second kappa shape index (κ2) is 6.89. The van der Waals surface area contributed by atoms with Gasteiger partial charge in [-0.2, -0.15) is 0 Å². The summed E-state index contributed by atoms with van der Waals surface area (Å²) in [4.78, 5) is 12.3. The van der Waals surface area contributed by atoms with Crippen LogP contribution in [0.4, 0.5) is 0 Å². The third-order valence-corrected chi connectivity index (χ3v) is 4.01. The maximum absolute atomic E-state index is 12.3. The van der Waals surface area contributed by atoms with E-state index in [9.17, 15) is 4.79 Å². The number of ether oxygens (including phenoxy) is 1. The van der Waals surface area contributed by atoms with Crippen LogP contribution in [0.3, 0.4) is 0 Å². The molecule has 0 radical (unpaired) electrons. The zero-order valence-electron chi connectivity index (χ0n) is 10.9. The first-order valence-electron chi connectivity index (χ1n) is 5.99. The van der Waals surface area contributed by atoms with Crippen LogP contribution in [0.2, 0.25) is 20.1 Å². The third-order valence-electron chi connectivity index (χ3n) is 2.76. The van der Waals surface area contributed by atoms with Gasteiger partial charge in [0.2, 0.25) is 5.78 Å². The van der Waals surface area contributed by atoms with E-state index in [0.717, 1.165) is 0 Å². The molecule has 0 aromatic heterocycles. The topological polar surface area (TPSA) is 26.3 Å². The minimum atomic E-state index is -0.738. The first-order valence-corrected chi connectivity index (χ1v) is 7.50. The smallest absolute Gasteiger partial charge is 0.203 e. The van der Waals surface area contributed by atoms with E-state index in [4.69, 9.17) is 51.1 Å². The minimum absolute atomic E-state index is 0.209. The van der Waals surface area contributed by atoms with Crippen molar-refractivity contribution in [3.63, 3.8) is 0 Å². The molecule has 0 saturated heterocycles. The highest BCUT2D eigenvalue weighted by atomic mass is 35.5. The molecular weight excluding hydrogens is 354 g/mol. The number of ketones is 1. The number of hydrogen-bond donors (Lipinski definition) is 0. The molecule has 2 aromatic rings. The fourth-order valence-corrected chi connectivity index (χ4v) is 2.49. The fraction of sp³-hybridized carbons (Fsp3) is 0.133. The minimum Gasteiger partial charge on any atom is -0.481 e. The predicted molar refractivity (Wildman–Crippen MR) is 87.3 cm³/mol. The van der Waals surface area contributed by atoms with Crippen LogP contribution in [0.25, 0.3) is 0 Å². The number of carbonyl (C=O) groups is 1. The van der Waals surface area contributed by atoms with Crippen molar-refractivity contribution in [2.75, 3.05) is 0 Å². The Morgan fingerprint density at radius 1 is 1.00 bits per heavy atom. The lowest BCUT2D eigenvalue weighted by molar-refractivity contribution is 0.0818. The lowest BCUT2D eigenvalue weighted by Crippen LogP contribution is -2.24. The van der Waals surface area contributed by atoms with Gasteiger partial charge in [-0.15, -0.1) is 0 Å². The summed E-state index contributed by atoms with van der Waals surface area (Å²) in [6, 6.07) is 9.60. The Morgan fingerprint density at radius 2 is 1.67 bits per heavy atom. The highest BCUT2D eigenvalue weighted by Gasteiger charge is 2.19. The molecule has 0 fully saturated rings. The van der Waals surface area contributed by atoms with Crippen molar-refractivity contribution in [2.24, 2.45) is 0 Å². The van der Waals surface area contributed by atoms with E-state index in [2.05, 4.69) is 0 Å². The third kappa shape index (κ3) is 4.04. The molecule has 2 rings (SSSR count). The second-order valence-electron chi connectivity index (χ2n) is 4.33. The average molecular weight is 364 g/mol. The first kappa shape index (κ1) is 16.4. The zero-order valence-corrected chi connectivity index (χ0v) is 13.9. The van der Waals surface area contributed by atoms with Crippen LogP contribution in [0, 0.1) is 0 Å². The van der Waals surface area contributed by atoms with Crippen molar-refractivity contribution < 1.29 is 9.53 Å². The summed E-state index contributed by atoms with van der Waals surface area (Å²) in [7, 11) is 0. The van der Waals surface area contributed by atoms with Crippen LogP contribution in [-0.4, -0.2) is 11.9 Å².